The Bertz CT molecular complexity index is 817. The fourth-order valence-corrected chi connectivity index (χ4v) is 5.36. The molecule has 2 heterocycles. The average molecular weight is 406 g/mol. The first kappa shape index (κ1) is 19.0. The molecule has 3 fully saturated rings. The van der Waals surface area contributed by atoms with Gasteiger partial charge in [0, 0.05) is 44.6 Å². The molecule has 29 heavy (non-hydrogen) atoms. The zero-order chi connectivity index (χ0) is 20.3. The minimum absolute atomic E-state index is 0.0680. The van der Waals surface area contributed by atoms with E-state index in [0.29, 0.717) is 60.4 Å². The van der Waals surface area contributed by atoms with Gasteiger partial charge in [-0.15, -0.1) is 0 Å². The third kappa shape index (κ3) is 3.15. The molecule has 1 aromatic heterocycles. The van der Waals surface area contributed by atoms with Crippen molar-refractivity contribution in [3.05, 3.63) is 11.3 Å². The number of esters is 1. The van der Waals surface area contributed by atoms with Gasteiger partial charge in [-0.1, -0.05) is 0 Å². The average Bonchev–Trinajstić information content (AvgIpc) is 3.08. The van der Waals surface area contributed by atoms with Crippen molar-refractivity contribution >= 4 is 17.7 Å². The monoisotopic (exact) mass is 406 g/mol. The molecule has 3 atom stereocenters. The van der Waals surface area contributed by atoms with E-state index in [1.54, 1.807) is 0 Å². The van der Waals surface area contributed by atoms with Crippen molar-refractivity contribution in [2.45, 2.75) is 56.9 Å². The van der Waals surface area contributed by atoms with Gasteiger partial charge in [0.15, 0.2) is 0 Å². The van der Waals surface area contributed by atoms with Gasteiger partial charge in [0.2, 0.25) is 5.95 Å². The van der Waals surface area contributed by atoms with Crippen molar-refractivity contribution in [2.75, 3.05) is 37.0 Å². The lowest BCUT2D eigenvalue weighted by atomic mass is 9.91. The molecule has 1 aromatic rings. The number of carbonyl (C=O) groups excluding carboxylic acids is 1. The van der Waals surface area contributed by atoms with Crippen LogP contribution in [0.4, 0.5) is 20.5 Å². The summed E-state index contributed by atoms with van der Waals surface area (Å²) in [6, 6.07) is 0.342. The van der Waals surface area contributed by atoms with Crippen LogP contribution in [0.3, 0.4) is 0 Å². The van der Waals surface area contributed by atoms with Crippen LogP contribution in [0.25, 0.3) is 0 Å². The van der Waals surface area contributed by atoms with Crippen LogP contribution in [0.15, 0.2) is 0 Å². The van der Waals surface area contributed by atoms with Crippen LogP contribution in [0.5, 0.6) is 0 Å². The van der Waals surface area contributed by atoms with Gasteiger partial charge in [0.1, 0.15) is 11.5 Å². The fourth-order valence-electron chi connectivity index (χ4n) is 5.36. The minimum atomic E-state index is -2.89. The fraction of sp³-hybridized carbons (Fsp3) is 0.762. The van der Waals surface area contributed by atoms with E-state index in [1.807, 2.05) is 11.9 Å². The molecular weight excluding hydrogens is 378 g/mol. The van der Waals surface area contributed by atoms with E-state index in [0.717, 1.165) is 25.9 Å². The second-order valence-corrected chi connectivity index (χ2v) is 9.10. The lowest BCUT2D eigenvalue weighted by molar-refractivity contribution is -0.141. The number of methoxy groups -OCH3 is 1. The maximum Gasteiger partial charge on any atom is 0.305 e. The molecule has 2 saturated carbocycles. The molecule has 6 nitrogen and oxygen atoms in total. The van der Waals surface area contributed by atoms with Crippen LogP contribution >= 0.6 is 0 Å². The Morgan fingerprint density at radius 3 is 2.59 bits per heavy atom. The first-order valence-corrected chi connectivity index (χ1v) is 10.7. The summed E-state index contributed by atoms with van der Waals surface area (Å²) in [7, 11) is 3.34. The van der Waals surface area contributed by atoms with E-state index in [9.17, 15) is 13.6 Å². The summed E-state index contributed by atoms with van der Waals surface area (Å²) < 4.78 is 34.3. The van der Waals surface area contributed by atoms with E-state index in [1.165, 1.54) is 13.5 Å². The Morgan fingerprint density at radius 1 is 1.24 bits per heavy atom. The number of halogens is 2. The minimum Gasteiger partial charge on any atom is -0.469 e. The van der Waals surface area contributed by atoms with E-state index in [-0.39, 0.29) is 18.1 Å². The molecule has 3 aliphatic carbocycles. The summed E-state index contributed by atoms with van der Waals surface area (Å²) in [4.78, 5) is 24.9. The largest absolute Gasteiger partial charge is 0.469 e. The number of nitrogens with zero attached hydrogens (tertiary/aromatic N) is 4. The maximum absolute atomic E-state index is 14.8. The number of rotatable bonds is 5. The van der Waals surface area contributed by atoms with Gasteiger partial charge in [-0.25, -0.2) is 4.98 Å². The molecule has 1 saturated heterocycles. The summed E-state index contributed by atoms with van der Waals surface area (Å²) in [5.74, 6) is -0.727. The Kier molecular flexibility index (Phi) is 4.44. The Balaban J connectivity index is 1.43. The van der Waals surface area contributed by atoms with E-state index in [4.69, 9.17) is 9.72 Å². The highest BCUT2D eigenvalue weighted by Gasteiger charge is 2.57. The van der Waals surface area contributed by atoms with Crippen LogP contribution < -0.4 is 9.80 Å². The molecule has 0 bridgehead atoms. The van der Waals surface area contributed by atoms with Crippen LogP contribution in [-0.4, -0.2) is 49.2 Å². The van der Waals surface area contributed by atoms with Crippen molar-refractivity contribution in [1.29, 1.82) is 0 Å². The van der Waals surface area contributed by atoms with Crippen molar-refractivity contribution in [3.8, 4) is 0 Å². The molecule has 1 aliphatic heterocycles. The highest BCUT2D eigenvalue weighted by atomic mass is 19.3. The SMILES string of the molecule is COC(=O)C[C@@H]1[C@H]2CN(c3nc(N(C)C4CCC4)nc4c3CCCC4(F)F)C[C@@H]12. The number of anilines is 2. The first-order valence-electron chi connectivity index (χ1n) is 10.7. The summed E-state index contributed by atoms with van der Waals surface area (Å²) in [6.07, 6.45) is 4.66. The first-order chi connectivity index (χ1) is 13.9. The van der Waals surface area contributed by atoms with Gasteiger partial charge < -0.3 is 14.5 Å². The zero-order valence-corrected chi connectivity index (χ0v) is 17.0. The maximum atomic E-state index is 14.8. The number of fused-ring (bicyclic) bond motifs is 2. The summed E-state index contributed by atoms with van der Waals surface area (Å²) in [6.45, 7) is 1.54. The molecule has 0 radical (unpaired) electrons. The molecule has 0 amide bonds. The predicted octanol–water partition coefficient (Wildman–Crippen LogP) is 3.14. The summed E-state index contributed by atoms with van der Waals surface area (Å²) in [5, 5.41) is 0. The van der Waals surface area contributed by atoms with Crippen molar-refractivity contribution in [2.24, 2.45) is 17.8 Å². The number of ether oxygens (including phenoxy) is 1. The standard InChI is InChI=1S/C21H28F2N4O2/c1-26(12-5-3-6-12)20-24-18-13(7-4-8-21(18,22)23)19(25-20)27-10-15-14(16(15)11-27)9-17(28)29-2/h12,14-16H,3-11H2,1-2H3/t14-,15-,16+. The summed E-state index contributed by atoms with van der Waals surface area (Å²) in [5.41, 5.74) is 0.555. The Hall–Kier alpha value is -1.99. The number of aromatic nitrogens is 2. The highest BCUT2D eigenvalue weighted by molar-refractivity contribution is 5.70. The topological polar surface area (TPSA) is 58.6 Å². The van der Waals surface area contributed by atoms with E-state index < -0.39 is 5.92 Å². The number of alkyl halides is 2. The molecule has 8 heteroatoms. The second kappa shape index (κ2) is 6.77. The highest BCUT2D eigenvalue weighted by Crippen LogP contribution is 2.55. The van der Waals surface area contributed by atoms with Crippen LogP contribution in [0.1, 0.15) is 49.8 Å². The molecule has 5 rings (SSSR count). The normalized spacial score (nSPS) is 29.7. The van der Waals surface area contributed by atoms with E-state index >= 15 is 0 Å². The third-order valence-electron chi connectivity index (χ3n) is 7.48. The molecule has 0 N–H and O–H groups in total. The zero-order valence-electron chi connectivity index (χ0n) is 17.0. The van der Waals surface area contributed by atoms with Crippen LogP contribution in [0.2, 0.25) is 0 Å². The lowest BCUT2D eigenvalue weighted by Gasteiger charge is -2.37. The second-order valence-electron chi connectivity index (χ2n) is 9.10. The van der Waals surface area contributed by atoms with Crippen molar-refractivity contribution < 1.29 is 18.3 Å². The Morgan fingerprint density at radius 2 is 1.97 bits per heavy atom. The lowest BCUT2D eigenvalue weighted by Crippen LogP contribution is -2.39. The number of hydrogen-bond donors (Lipinski definition) is 0. The summed E-state index contributed by atoms with van der Waals surface area (Å²) >= 11 is 0. The van der Waals surface area contributed by atoms with Gasteiger partial charge in [-0.3, -0.25) is 4.79 Å². The van der Waals surface area contributed by atoms with Gasteiger partial charge >= 0.3 is 5.97 Å². The molecular formula is C21H28F2N4O2. The molecule has 0 spiro atoms. The van der Waals surface area contributed by atoms with Crippen LogP contribution in [0, 0.1) is 17.8 Å². The smallest absolute Gasteiger partial charge is 0.305 e. The number of carbonyl (C=O) groups is 1. The number of piperidine rings is 1. The van der Waals surface area contributed by atoms with Gasteiger partial charge in [-0.2, -0.15) is 13.8 Å². The van der Waals surface area contributed by atoms with Gasteiger partial charge in [0.25, 0.3) is 5.92 Å². The third-order valence-corrected chi connectivity index (χ3v) is 7.48. The Labute approximate surface area is 169 Å². The molecule has 0 aromatic carbocycles. The quantitative estimate of drug-likeness (QED) is 0.701. The number of hydrogen-bond acceptors (Lipinski definition) is 6. The molecule has 0 unspecified atom stereocenters. The molecule has 4 aliphatic rings. The van der Waals surface area contributed by atoms with Crippen molar-refractivity contribution in [1.82, 2.24) is 9.97 Å². The van der Waals surface area contributed by atoms with Gasteiger partial charge in [-0.05, 0) is 49.9 Å². The molecule has 158 valence electrons. The van der Waals surface area contributed by atoms with Crippen molar-refractivity contribution in [3.63, 3.8) is 0 Å². The van der Waals surface area contributed by atoms with E-state index in [2.05, 4.69) is 9.88 Å². The van der Waals surface area contributed by atoms with Crippen LogP contribution in [-0.2, 0) is 21.9 Å². The van der Waals surface area contributed by atoms with Gasteiger partial charge in [0.05, 0.1) is 7.11 Å². The predicted molar refractivity (Wildman–Crippen MR) is 104 cm³/mol.